The second-order valence-electron chi connectivity index (χ2n) is 5.63. The molecule has 0 saturated heterocycles. The number of nitrogens with one attached hydrogen (secondary N) is 1. The molecule has 1 aromatic heterocycles. The number of amides is 1. The number of benzene rings is 1. The minimum atomic E-state index is -4.54. The highest BCUT2D eigenvalue weighted by Gasteiger charge is 2.31. The first-order chi connectivity index (χ1) is 12.9. The van der Waals surface area contributed by atoms with E-state index in [4.69, 9.17) is 13.9 Å². The molecule has 0 spiro atoms. The maximum atomic E-state index is 13.1. The molecule has 0 aliphatic carbocycles. The van der Waals surface area contributed by atoms with Gasteiger partial charge in [0.1, 0.15) is 0 Å². The first kappa shape index (κ1) is 20.8. The van der Waals surface area contributed by atoms with Crippen molar-refractivity contribution < 1.29 is 31.9 Å². The van der Waals surface area contributed by atoms with Crippen molar-refractivity contribution >= 4 is 17.3 Å². The van der Waals surface area contributed by atoms with Gasteiger partial charge in [-0.2, -0.15) is 13.2 Å². The van der Waals surface area contributed by atoms with E-state index in [1.165, 1.54) is 38.7 Å². The monoisotopic (exact) mass is 386 g/mol. The molecule has 27 heavy (non-hydrogen) atoms. The molecule has 0 atom stereocenters. The zero-order valence-corrected chi connectivity index (χ0v) is 15.0. The summed E-state index contributed by atoms with van der Waals surface area (Å²) in [7, 11) is 3.06. The standard InChI is InChI=1S/C18H21F3N2O4/c1-25-10-7-23(8-11-26-2)15-6-5-13(18(19,20)21)12-14(15)22-17(24)16-4-3-9-27-16/h3-6,9,12H,7-8,10-11H2,1-2H3,(H,22,24). The molecule has 1 aromatic carbocycles. The topological polar surface area (TPSA) is 63.9 Å². The zero-order chi connectivity index (χ0) is 19.9. The summed E-state index contributed by atoms with van der Waals surface area (Å²) in [4.78, 5) is 14.1. The van der Waals surface area contributed by atoms with E-state index in [1.54, 1.807) is 4.90 Å². The summed E-state index contributed by atoms with van der Waals surface area (Å²) >= 11 is 0. The van der Waals surface area contributed by atoms with E-state index in [0.717, 1.165) is 12.1 Å². The highest BCUT2D eigenvalue weighted by atomic mass is 19.4. The van der Waals surface area contributed by atoms with Crippen LogP contribution >= 0.6 is 0 Å². The Morgan fingerprint density at radius 2 is 1.81 bits per heavy atom. The van der Waals surface area contributed by atoms with Gasteiger partial charge in [0, 0.05) is 27.3 Å². The Bertz CT molecular complexity index is 725. The van der Waals surface area contributed by atoms with Crippen molar-refractivity contribution in [2.24, 2.45) is 0 Å². The van der Waals surface area contributed by atoms with Gasteiger partial charge in [0.05, 0.1) is 36.4 Å². The summed E-state index contributed by atoms with van der Waals surface area (Å²) in [5.74, 6) is -0.641. The van der Waals surface area contributed by atoms with Crippen molar-refractivity contribution in [3.8, 4) is 0 Å². The molecule has 9 heteroatoms. The lowest BCUT2D eigenvalue weighted by atomic mass is 10.1. The van der Waals surface area contributed by atoms with Gasteiger partial charge in [-0.15, -0.1) is 0 Å². The number of alkyl halides is 3. The Hall–Kier alpha value is -2.52. The van der Waals surface area contributed by atoms with E-state index in [2.05, 4.69) is 5.32 Å². The molecule has 0 unspecified atom stereocenters. The van der Waals surface area contributed by atoms with Crippen molar-refractivity contribution in [2.75, 3.05) is 50.7 Å². The first-order valence-electron chi connectivity index (χ1n) is 8.15. The second kappa shape index (κ2) is 9.43. The molecule has 0 radical (unpaired) electrons. The summed E-state index contributed by atoms with van der Waals surface area (Å²) in [5.41, 5.74) is -0.408. The minimum absolute atomic E-state index is 0.00121. The SMILES string of the molecule is COCCN(CCOC)c1ccc(C(F)(F)F)cc1NC(=O)c1ccco1. The molecular weight excluding hydrogens is 365 g/mol. The largest absolute Gasteiger partial charge is 0.459 e. The van der Waals surface area contributed by atoms with Gasteiger partial charge in [0.25, 0.3) is 5.91 Å². The predicted octanol–water partition coefficient (Wildman–Crippen LogP) is 3.65. The third-order valence-electron chi connectivity index (χ3n) is 3.79. The number of ether oxygens (including phenoxy) is 2. The van der Waals surface area contributed by atoms with E-state index < -0.39 is 17.6 Å². The first-order valence-corrected chi connectivity index (χ1v) is 8.15. The maximum absolute atomic E-state index is 13.1. The summed E-state index contributed by atoms with van der Waals surface area (Å²) in [6, 6.07) is 6.15. The summed E-state index contributed by atoms with van der Waals surface area (Å²) in [6.45, 7) is 1.54. The van der Waals surface area contributed by atoms with Crippen LogP contribution in [0.3, 0.4) is 0 Å². The summed E-state index contributed by atoms with van der Waals surface area (Å²) in [6.07, 6.45) is -3.22. The van der Waals surface area contributed by atoms with Crippen LogP contribution in [0.2, 0.25) is 0 Å². The van der Waals surface area contributed by atoms with Crippen LogP contribution in [0.5, 0.6) is 0 Å². The van der Waals surface area contributed by atoms with Crippen LogP contribution in [0, 0.1) is 0 Å². The van der Waals surface area contributed by atoms with Gasteiger partial charge in [-0.3, -0.25) is 4.79 Å². The van der Waals surface area contributed by atoms with Crippen LogP contribution in [0.25, 0.3) is 0 Å². The number of halogens is 3. The van der Waals surface area contributed by atoms with Crippen LogP contribution in [0.4, 0.5) is 24.5 Å². The van der Waals surface area contributed by atoms with Crippen molar-refractivity contribution in [1.29, 1.82) is 0 Å². The minimum Gasteiger partial charge on any atom is -0.459 e. The summed E-state index contributed by atoms with van der Waals surface area (Å²) in [5, 5.41) is 2.50. The van der Waals surface area contributed by atoms with Crippen LogP contribution in [0.15, 0.2) is 41.0 Å². The van der Waals surface area contributed by atoms with Gasteiger partial charge in [0.15, 0.2) is 5.76 Å². The Balaban J connectivity index is 2.39. The van der Waals surface area contributed by atoms with Crippen molar-refractivity contribution in [2.45, 2.75) is 6.18 Å². The number of anilines is 2. The smallest absolute Gasteiger partial charge is 0.416 e. The van der Waals surface area contributed by atoms with Crippen molar-refractivity contribution in [3.05, 3.63) is 47.9 Å². The van der Waals surface area contributed by atoms with E-state index in [9.17, 15) is 18.0 Å². The number of carbonyl (C=O) groups is 1. The van der Waals surface area contributed by atoms with E-state index in [-0.39, 0.29) is 11.4 Å². The van der Waals surface area contributed by atoms with Crippen LogP contribution in [-0.4, -0.2) is 46.4 Å². The van der Waals surface area contributed by atoms with Crippen molar-refractivity contribution in [3.63, 3.8) is 0 Å². The van der Waals surface area contributed by atoms with Crippen LogP contribution in [-0.2, 0) is 15.7 Å². The van der Waals surface area contributed by atoms with Crippen LogP contribution in [0.1, 0.15) is 16.1 Å². The highest BCUT2D eigenvalue weighted by molar-refractivity contribution is 6.04. The second-order valence-corrected chi connectivity index (χ2v) is 5.63. The number of hydrogen-bond donors (Lipinski definition) is 1. The molecule has 0 aliphatic rings. The predicted molar refractivity (Wildman–Crippen MR) is 94.1 cm³/mol. The van der Waals surface area contributed by atoms with Crippen LogP contribution < -0.4 is 10.2 Å². The molecule has 148 valence electrons. The van der Waals surface area contributed by atoms with Gasteiger partial charge in [-0.05, 0) is 30.3 Å². The number of carbonyl (C=O) groups excluding carboxylic acids is 1. The van der Waals surface area contributed by atoms with Gasteiger partial charge < -0.3 is 24.1 Å². The number of nitrogens with zero attached hydrogens (tertiary/aromatic N) is 1. The number of furan rings is 1. The van der Waals surface area contributed by atoms with Gasteiger partial charge in [-0.1, -0.05) is 0 Å². The molecule has 0 fully saturated rings. The Morgan fingerprint density at radius 1 is 1.15 bits per heavy atom. The zero-order valence-electron chi connectivity index (χ0n) is 15.0. The molecule has 2 rings (SSSR count). The lowest BCUT2D eigenvalue weighted by molar-refractivity contribution is -0.137. The summed E-state index contributed by atoms with van der Waals surface area (Å²) < 4.78 is 54.5. The maximum Gasteiger partial charge on any atom is 0.416 e. The molecule has 1 amide bonds. The fourth-order valence-corrected chi connectivity index (χ4v) is 2.44. The third kappa shape index (κ3) is 5.73. The molecule has 1 heterocycles. The third-order valence-corrected chi connectivity index (χ3v) is 3.79. The fourth-order valence-electron chi connectivity index (χ4n) is 2.44. The van der Waals surface area contributed by atoms with E-state index in [1.807, 2.05) is 0 Å². The van der Waals surface area contributed by atoms with Crippen molar-refractivity contribution in [1.82, 2.24) is 0 Å². The van der Waals surface area contributed by atoms with E-state index in [0.29, 0.717) is 32.0 Å². The lowest BCUT2D eigenvalue weighted by Gasteiger charge is -2.27. The quantitative estimate of drug-likeness (QED) is 0.713. The molecule has 2 aromatic rings. The fraction of sp³-hybridized carbons (Fsp3) is 0.389. The molecule has 0 aliphatic heterocycles. The van der Waals surface area contributed by atoms with Gasteiger partial charge in [0.2, 0.25) is 0 Å². The van der Waals surface area contributed by atoms with Gasteiger partial charge in [-0.25, -0.2) is 0 Å². The molecule has 0 bridgehead atoms. The Labute approximate surface area is 154 Å². The van der Waals surface area contributed by atoms with Gasteiger partial charge >= 0.3 is 6.18 Å². The molecule has 6 nitrogen and oxygen atoms in total. The molecular formula is C18H21F3N2O4. The average molecular weight is 386 g/mol. The molecule has 1 N–H and O–H groups in total. The number of hydrogen-bond acceptors (Lipinski definition) is 5. The normalized spacial score (nSPS) is 11.4. The Kier molecular flexibility index (Phi) is 7.26. The highest BCUT2D eigenvalue weighted by Crippen LogP contribution is 2.35. The number of rotatable bonds is 9. The molecule has 0 saturated carbocycles. The van der Waals surface area contributed by atoms with E-state index >= 15 is 0 Å². The number of methoxy groups -OCH3 is 2. The lowest BCUT2D eigenvalue weighted by Crippen LogP contribution is -2.31. The average Bonchev–Trinajstić information content (AvgIpc) is 3.16. The Morgan fingerprint density at radius 3 is 2.33 bits per heavy atom.